The van der Waals surface area contributed by atoms with E-state index in [0.29, 0.717) is 31.2 Å². The van der Waals surface area contributed by atoms with Crippen LogP contribution in [0.15, 0.2) is 35.2 Å². The van der Waals surface area contributed by atoms with Crippen LogP contribution in [0.3, 0.4) is 0 Å². The Hall–Kier alpha value is -0.910. The van der Waals surface area contributed by atoms with Crippen LogP contribution in [-0.2, 0) is 14.6 Å². The van der Waals surface area contributed by atoms with Crippen molar-refractivity contribution in [3.05, 3.63) is 30.3 Å². The lowest BCUT2D eigenvalue weighted by molar-refractivity contribution is 0.0465. The maximum Gasteiger partial charge on any atom is 0.191 e. The lowest BCUT2D eigenvalue weighted by Gasteiger charge is -2.26. The van der Waals surface area contributed by atoms with Gasteiger partial charge in [0.2, 0.25) is 0 Å². The second kappa shape index (κ2) is 4.95. The van der Waals surface area contributed by atoms with E-state index in [0.717, 1.165) is 0 Å². The fraction of sp³-hybridized carbons (Fsp3) is 0.455. The minimum Gasteiger partial charge on any atom is -0.379 e. The summed E-state index contributed by atoms with van der Waals surface area (Å²) in [4.78, 5) is 2.30. The van der Waals surface area contributed by atoms with Crippen molar-refractivity contribution in [2.45, 2.75) is 4.90 Å². The van der Waals surface area contributed by atoms with Gasteiger partial charge in [-0.2, -0.15) is 0 Å². The number of benzene rings is 1. The highest BCUT2D eigenvalue weighted by Crippen LogP contribution is 2.12. The van der Waals surface area contributed by atoms with Crippen molar-refractivity contribution in [3.8, 4) is 0 Å². The van der Waals surface area contributed by atoms with E-state index in [9.17, 15) is 8.42 Å². The summed E-state index contributed by atoms with van der Waals surface area (Å²) in [6.07, 6.45) is 0. The molecule has 0 unspecified atom stereocenters. The summed E-state index contributed by atoms with van der Waals surface area (Å²) >= 11 is 0. The lowest BCUT2D eigenvalue weighted by Crippen LogP contribution is -2.39. The van der Waals surface area contributed by atoms with Gasteiger partial charge in [0.1, 0.15) is 5.88 Å². The maximum atomic E-state index is 12.0. The smallest absolute Gasteiger partial charge is 0.191 e. The average Bonchev–Trinajstić information content (AvgIpc) is 2.31. The van der Waals surface area contributed by atoms with E-state index in [1.807, 2.05) is 11.0 Å². The third kappa shape index (κ3) is 2.81. The molecule has 0 bridgehead atoms. The van der Waals surface area contributed by atoms with Crippen LogP contribution in [0.2, 0.25) is 0 Å². The van der Waals surface area contributed by atoms with Crippen LogP contribution in [0.5, 0.6) is 0 Å². The maximum absolute atomic E-state index is 12.0. The highest BCUT2D eigenvalue weighted by atomic mass is 32.2. The van der Waals surface area contributed by atoms with Gasteiger partial charge in [-0.15, -0.1) is 0 Å². The zero-order valence-corrected chi connectivity index (χ0v) is 9.82. The summed E-state index contributed by atoms with van der Waals surface area (Å²) in [6.45, 7) is 2.60. The van der Waals surface area contributed by atoms with Crippen LogP contribution >= 0.6 is 0 Å². The van der Waals surface area contributed by atoms with Crippen molar-refractivity contribution in [2.24, 2.45) is 0 Å². The largest absolute Gasteiger partial charge is 0.379 e. The molecule has 1 aromatic rings. The first-order valence-electron chi connectivity index (χ1n) is 5.26. The third-order valence-corrected chi connectivity index (χ3v) is 4.25. The summed E-state index contributed by atoms with van der Waals surface area (Å²) < 4.78 is 29.2. The normalized spacial score (nSPS) is 18.5. The van der Waals surface area contributed by atoms with Crippen molar-refractivity contribution in [1.82, 2.24) is 4.90 Å². The lowest BCUT2D eigenvalue weighted by atomic mass is 10.4. The molecule has 0 aliphatic carbocycles. The van der Waals surface area contributed by atoms with Gasteiger partial charge in [0.15, 0.2) is 9.84 Å². The molecule has 5 heteroatoms. The standard InChI is InChI=1S/C11H15NO3S/c13-16(14,11-4-2-1-3-5-11)10-12-6-8-15-9-7-12/h1-5H,6-10H2. The number of nitrogens with zero attached hydrogens (tertiary/aromatic N) is 1. The topological polar surface area (TPSA) is 46.6 Å². The minimum atomic E-state index is -3.19. The molecule has 0 atom stereocenters. The predicted molar refractivity (Wildman–Crippen MR) is 60.9 cm³/mol. The molecule has 0 N–H and O–H groups in total. The first-order valence-corrected chi connectivity index (χ1v) is 6.92. The van der Waals surface area contributed by atoms with Gasteiger partial charge in [-0.3, -0.25) is 4.90 Å². The van der Waals surface area contributed by atoms with Gasteiger partial charge in [0, 0.05) is 13.1 Å². The summed E-state index contributed by atoms with van der Waals surface area (Å²) in [6, 6.07) is 8.57. The molecule has 4 nitrogen and oxygen atoms in total. The van der Waals surface area contributed by atoms with Crippen molar-refractivity contribution < 1.29 is 13.2 Å². The number of rotatable bonds is 3. The highest BCUT2D eigenvalue weighted by molar-refractivity contribution is 7.91. The second-order valence-corrected chi connectivity index (χ2v) is 5.75. The SMILES string of the molecule is O=S(=O)(CN1CCOCC1)c1ccccc1. The van der Waals surface area contributed by atoms with Crippen molar-refractivity contribution in [1.29, 1.82) is 0 Å². The van der Waals surface area contributed by atoms with Crippen LogP contribution in [0.1, 0.15) is 0 Å². The number of sulfone groups is 1. The van der Waals surface area contributed by atoms with Crippen LogP contribution in [-0.4, -0.2) is 45.5 Å². The molecule has 1 heterocycles. The molecule has 0 amide bonds. The molecule has 0 aromatic heterocycles. The molecule has 1 saturated heterocycles. The van der Waals surface area contributed by atoms with E-state index in [1.165, 1.54) is 0 Å². The van der Waals surface area contributed by atoms with E-state index in [1.54, 1.807) is 24.3 Å². The molecule has 1 aliphatic rings. The Morgan fingerprint density at radius 3 is 2.38 bits per heavy atom. The Balaban J connectivity index is 2.08. The quantitative estimate of drug-likeness (QED) is 0.783. The predicted octanol–water partition coefficient (Wildman–Crippen LogP) is 0.750. The van der Waals surface area contributed by atoms with Crippen LogP contribution < -0.4 is 0 Å². The number of hydrogen-bond acceptors (Lipinski definition) is 4. The van der Waals surface area contributed by atoms with Crippen molar-refractivity contribution >= 4 is 9.84 Å². The fourth-order valence-electron chi connectivity index (χ4n) is 1.67. The highest BCUT2D eigenvalue weighted by Gasteiger charge is 2.20. The average molecular weight is 241 g/mol. The van der Waals surface area contributed by atoms with Gasteiger partial charge in [-0.05, 0) is 12.1 Å². The molecule has 0 radical (unpaired) electrons. The Morgan fingerprint density at radius 2 is 1.75 bits per heavy atom. The number of hydrogen-bond donors (Lipinski definition) is 0. The van der Waals surface area contributed by atoms with Crippen molar-refractivity contribution in [3.63, 3.8) is 0 Å². The summed E-state index contributed by atoms with van der Waals surface area (Å²) in [5.74, 6) is 0.0837. The molecule has 1 aromatic carbocycles. The molecule has 0 spiro atoms. The molecule has 88 valence electrons. The Kier molecular flexibility index (Phi) is 3.58. The Bertz CT molecular complexity index is 424. The van der Waals surface area contributed by atoms with Gasteiger partial charge < -0.3 is 4.74 Å². The molecule has 0 saturated carbocycles. The van der Waals surface area contributed by atoms with E-state index in [2.05, 4.69) is 0 Å². The fourth-order valence-corrected chi connectivity index (χ4v) is 3.13. The van der Waals surface area contributed by atoms with Gasteiger partial charge in [-0.25, -0.2) is 8.42 Å². The van der Waals surface area contributed by atoms with Gasteiger partial charge >= 0.3 is 0 Å². The third-order valence-electron chi connectivity index (χ3n) is 2.56. The Labute approximate surface area is 95.7 Å². The Morgan fingerprint density at radius 1 is 1.12 bits per heavy atom. The van der Waals surface area contributed by atoms with Crippen LogP contribution in [0, 0.1) is 0 Å². The van der Waals surface area contributed by atoms with E-state index in [-0.39, 0.29) is 5.88 Å². The first-order chi connectivity index (χ1) is 7.68. The van der Waals surface area contributed by atoms with E-state index >= 15 is 0 Å². The zero-order chi connectivity index (χ0) is 11.4. The molecular formula is C11H15NO3S. The van der Waals surface area contributed by atoms with E-state index in [4.69, 9.17) is 4.74 Å². The van der Waals surface area contributed by atoms with E-state index < -0.39 is 9.84 Å². The van der Waals surface area contributed by atoms with Gasteiger partial charge in [-0.1, -0.05) is 18.2 Å². The molecule has 1 fully saturated rings. The molecular weight excluding hydrogens is 226 g/mol. The summed E-state index contributed by atoms with van der Waals surface area (Å²) in [5.41, 5.74) is 0. The molecule has 16 heavy (non-hydrogen) atoms. The van der Waals surface area contributed by atoms with Crippen LogP contribution in [0.4, 0.5) is 0 Å². The molecule has 1 aliphatic heterocycles. The number of ether oxygens (including phenoxy) is 1. The van der Waals surface area contributed by atoms with Crippen LogP contribution in [0.25, 0.3) is 0 Å². The molecule has 2 rings (SSSR count). The van der Waals surface area contributed by atoms with Gasteiger partial charge in [0.25, 0.3) is 0 Å². The summed E-state index contributed by atoms with van der Waals surface area (Å²) in [5, 5.41) is 0. The summed E-state index contributed by atoms with van der Waals surface area (Å²) in [7, 11) is -3.19. The number of morpholine rings is 1. The first kappa shape index (κ1) is 11.6. The van der Waals surface area contributed by atoms with Crippen molar-refractivity contribution in [2.75, 3.05) is 32.2 Å². The zero-order valence-electron chi connectivity index (χ0n) is 9.00. The minimum absolute atomic E-state index is 0.0837. The van der Waals surface area contributed by atoms with Gasteiger partial charge in [0.05, 0.1) is 18.1 Å². The monoisotopic (exact) mass is 241 g/mol. The second-order valence-electron chi connectivity index (χ2n) is 3.79.